The molecule has 0 bridgehead atoms. The van der Waals surface area contributed by atoms with Crippen LogP contribution in [0, 0.1) is 0 Å². The Kier molecular flexibility index (Phi) is 5.55. The maximum absolute atomic E-state index is 6.46. The van der Waals surface area contributed by atoms with Crippen molar-refractivity contribution in [2.24, 2.45) is 0 Å². The Hall–Kier alpha value is -3.35. The zero-order valence-electron chi connectivity index (χ0n) is 17.4. The molecule has 1 aliphatic rings. The summed E-state index contributed by atoms with van der Waals surface area (Å²) >= 11 is 12.2. The van der Waals surface area contributed by atoms with Crippen LogP contribution in [-0.2, 0) is 0 Å². The number of nitrogens with zero attached hydrogens (tertiary/aromatic N) is 3. The van der Waals surface area contributed by atoms with Crippen LogP contribution in [0.2, 0.25) is 5.02 Å². The van der Waals surface area contributed by atoms with E-state index in [4.69, 9.17) is 28.6 Å². The standard InChI is InChI=1S/C25H21ClN4OS/c1-31-22-11-10-19(15-20(22)26)30-24(23(28-25(30)32)21-9-5-6-13-27-21)17-12-14-29(16-17)18-7-3-2-4-8-18/h2-16,23-24H,1H3,(H,28,32)/t23-,24-/m0/s1. The lowest BCUT2D eigenvalue weighted by molar-refractivity contribution is 0.415. The lowest BCUT2D eigenvalue weighted by atomic mass is 9.98. The highest BCUT2D eigenvalue weighted by Gasteiger charge is 2.41. The van der Waals surface area contributed by atoms with Crippen LogP contribution in [0.1, 0.15) is 23.3 Å². The van der Waals surface area contributed by atoms with Crippen molar-refractivity contribution in [1.29, 1.82) is 0 Å². The van der Waals surface area contributed by atoms with E-state index in [2.05, 4.69) is 50.4 Å². The Morgan fingerprint density at radius 1 is 1.00 bits per heavy atom. The highest BCUT2D eigenvalue weighted by atomic mass is 35.5. The summed E-state index contributed by atoms with van der Waals surface area (Å²) in [4.78, 5) is 6.71. The zero-order valence-corrected chi connectivity index (χ0v) is 18.9. The highest BCUT2D eigenvalue weighted by molar-refractivity contribution is 7.80. The second-order valence-corrected chi connectivity index (χ2v) is 8.30. The molecule has 2 aromatic carbocycles. The average Bonchev–Trinajstić information content (AvgIpc) is 3.45. The van der Waals surface area contributed by atoms with Crippen molar-refractivity contribution < 1.29 is 4.74 Å². The van der Waals surface area contributed by atoms with Crippen LogP contribution in [0.3, 0.4) is 0 Å². The van der Waals surface area contributed by atoms with Crippen LogP contribution in [0.25, 0.3) is 5.69 Å². The fraction of sp³-hybridized carbons (Fsp3) is 0.120. The molecule has 5 nitrogen and oxygen atoms in total. The fourth-order valence-corrected chi connectivity index (χ4v) is 4.72. The normalized spacial score (nSPS) is 17.9. The monoisotopic (exact) mass is 460 g/mol. The van der Waals surface area contributed by atoms with Crippen LogP contribution in [-0.4, -0.2) is 21.8 Å². The second kappa shape index (κ2) is 8.65. The molecule has 0 unspecified atom stereocenters. The van der Waals surface area contributed by atoms with Gasteiger partial charge in [0, 0.05) is 30.0 Å². The molecule has 5 rings (SSSR count). The van der Waals surface area contributed by atoms with Crippen molar-refractivity contribution in [3.63, 3.8) is 0 Å². The van der Waals surface area contributed by atoms with E-state index in [1.54, 1.807) is 13.3 Å². The zero-order chi connectivity index (χ0) is 22.1. The van der Waals surface area contributed by atoms with Crippen LogP contribution >= 0.6 is 23.8 Å². The molecular formula is C25H21ClN4OS. The van der Waals surface area contributed by atoms with E-state index in [0.29, 0.717) is 15.9 Å². The van der Waals surface area contributed by atoms with Gasteiger partial charge in [0.1, 0.15) is 5.75 Å². The maximum atomic E-state index is 6.46. The minimum atomic E-state index is -0.115. The first-order chi connectivity index (χ1) is 15.7. The number of pyridine rings is 1. The molecule has 0 saturated carbocycles. The van der Waals surface area contributed by atoms with Crippen molar-refractivity contribution in [2.45, 2.75) is 12.1 Å². The van der Waals surface area contributed by atoms with Gasteiger partial charge in [-0.2, -0.15) is 0 Å². The third kappa shape index (κ3) is 3.72. The summed E-state index contributed by atoms with van der Waals surface area (Å²) in [6.45, 7) is 0. The largest absolute Gasteiger partial charge is 0.495 e. The van der Waals surface area contributed by atoms with E-state index in [1.807, 2.05) is 54.6 Å². The molecule has 4 aromatic rings. The van der Waals surface area contributed by atoms with Crippen molar-refractivity contribution in [2.75, 3.05) is 12.0 Å². The Labute approximate surface area is 197 Å². The number of methoxy groups -OCH3 is 1. The number of aromatic nitrogens is 2. The molecule has 2 atom stereocenters. The van der Waals surface area contributed by atoms with Crippen molar-refractivity contribution in [1.82, 2.24) is 14.9 Å². The van der Waals surface area contributed by atoms with Crippen LogP contribution in [0.15, 0.2) is 91.4 Å². The lowest BCUT2D eigenvalue weighted by Crippen LogP contribution is -2.29. The summed E-state index contributed by atoms with van der Waals surface area (Å²) < 4.78 is 7.45. The molecule has 2 aromatic heterocycles. The summed E-state index contributed by atoms with van der Waals surface area (Å²) in [6, 6.07) is 23.8. The molecule has 7 heteroatoms. The SMILES string of the molecule is COc1ccc(N2C(=S)N[C@@H](c3ccccn3)[C@@H]2c2ccn(-c3ccccc3)c2)cc1Cl. The van der Waals surface area contributed by atoms with Gasteiger partial charge in [0.15, 0.2) is 5.11 Å². The molecule has 0 amide bonds. The van der Waals surface area contributed by atoms with E-state index in [-0.39, 0.29) is 12.1 Å². The number of para-hydroxylation sites is 1. The predicted octanol–water partition coefficient (Wildman–Crippen LogP) is 5.71. The molecular weight excluding hydrogens is 440 g/mol. The Morgan fingerprint density at radius 3 is 2.53 bits per heavy atom. The molecule has 1 fully saturated rings. The first-order valence-electron chi connectivity index (χ1n) is 10.2. The van der Waals surface area contributed by atoms with Crippen LogP contribution in [0.5, 0.6) is 5.75 Å². The van der Waals surface area contributed by atoms with E-state index < -0.39 is 0 Å². The molecule has 0 spiro atoms. The van der Waals surface area contributed by atoms with Gasteiger partial charge in [-0.3, -0.25) is 4.98 Å². The lowest BCUT2D eigenvalue weighted by Gasteiger charge is -2.27. The van der Waals surface area contributed by atoms with Crippen molar-refractivity contribution in [3.05, 3.63) is 108 Å². The van der Waals surface area contributed by atoms with E-state index in [9.17, 15) is 0 Å². The molecule has 0 aliphatic carbocycles. The number of hydrogen-bond acceptors (Lipinski definition) is 3. The fourth-order valence-electron chi connectivity index (χ4n) is 4.13. The number of thiocarbonyl (C=S) groups is 1. The number of rotatable bonds is 5. The number of anilines is 1. The number of nitrogens with one attached hydrogen (secondary N) is 1. The van der Waals surface area contributed by atoms with Gasteiger partial charge in [-0.15, -0.1) is 0 Å². The molecule has 1 N–H and O–H groups in total. The summed E-state index contributed by atoms with van der Waals surface area (Å²) in [5.74, 6) is 0.626. The molecule has 1 aliphatic heterocycles. The predicted molar refractivity (Wildman–Crippen MR) is 132 cm³/mol. The van der Waals surface area contributed by atoms with E-state index in [1.165, 1.54) is 0 Å². The number of ether oxygens (including phenoxy) is 1. The highest BCUT2D eigenvalue weighted by Crippen LogP contribution is 2.43. The van der Waals surface area contributed by atoms with Gasteiger partial charge in [0.05, 0.1) is 29.9 Å². The van der Waals surface area contributed by atoms with Gasteiger partial charge in [0.2, 0.25) is 0 Å². The quantitative estimate of drug-likeness (QED) is 0.386. The van der Waals surface area contributed by atoms with E-state index in [0.717, 1.165) is 22.6 Å². The van der Waals surface area contributed by atoms with Gasteiger partial charge in [-0.25, -0.2) is 0 Å². The Morgan fingerprint density at radius 2 is 1.81 bits per heavy atom. The molecule has 0 radical (unpaired) electrons. The molecule has 1 saturated heterocycles. The number of hydrogen-bond donors (Lipinski definition) is 1. The average molecular weight is 461 g/mol. The molecule has 160 valence electrons. The topological polar surface area (TPSA) is 42.3 Å². The summed E-state index contributed by atoms with van der Waals surface area (Å²) in [5, 5.41) is 4.64. The number of halogens is 1. The van der Waals surface area contributed by atoms with Gasteiger partial charge in [-0.05, 0) is 66.3 Å². The van der Waals surface area contributed by atoms with Crippen LogP contribution in [0.4, 0.5) is 5.69 Å². The second-order valence-electron chi connectivity index (χ2n) is 7.50. The molecule has 32 heavy (non-hydrogen) atoms. The third-order valence-corrected chi connectivity index (χ3v) is 6.23. The van der Waals surface area contributed by atoms with Gasteiger partial charge in [-0.1, -0.05) is 35.9 Å². The summed E-state index contributed by atoms with van der Waals surface area (Å²) in [5.41, 5.74) is 4.03. The third-order valence-electron chi connectivity index (χ3n) is 5.62. The Balaban J connectivity index is 1.60. The molecule has 3 heterocycles. The summed E-state index contributed by atoms with van der Waals surface area (Å²) in [7, 11) is 1.61. The first-order valence-corrected chi connectivity index (χ1v) is 11.0. The van der Waals surface area contributed by atoms with Gasteiger partial charge < -0.3 is 19.5 Å². The van der Waals surface area contributed by atoms with Crippen LogP contribution < -0.4 is 15.0 Å². The van der Waals surface area contributed by atoms with Crippen molar-refractivity contribution in [3.8, 4) is 11.4 Å². The van der Waals surface area contributed by atoms with Gasteiger partial charge in [0.25, 0.3) is 0 Å². The first kappa shape index (κ1) is 20.5. The summed E-state index contributed by atoms with van der Waals surface area (Å²) in [6.07, 6.45) is 6.02. The van der Waals surface area contributed by atoms with Gasteiger partial charge >= 0.3 is 0 Å². The van der Waals surface area contributed by atoms with Crippen molar-refractivity contribution >= 4 is 34.6 Å². The minimum Gasteiger partial charge on any atom is -0.495 e. The number of benzene rings is 2. The smallest absolute Gasteiger partial charge is 0.174 e. The maximum Gasteiger partial charge on any atom is 0.174 e. The van der Waals surface area contributed by atoms with E-state index >= 15 is 0 Å². The minimum absolute atomic E-state index is 0.105. The Bertz CT molecular complexity index is 1250.